The summed E-state index contributed by atoms with van der Waals surface area (Å²) in [7, 11) is 0. The van der Waals surface area contributed by atoms with Crippen LogP contribution in [0.3, 0.4) is 0 Å². The SMILES string of the molecule is C=C1C(=O)O[C@@H]2[C@H]1[C@@H](OC(=O)/C(C)=C/C)CC(C)=CC(=O)/C=C(/C)[C@@H]2O. The fourth-order valence-corrected chi connectivity index (χ4v) is 3.12. The summed E-state index contributed by atoms with van der Waals surface area (Å²) in [5, 5.41) is 10.6. The van der Waals surface area contributed by atoms with Crippen molar-refractivity contribution in [2.75, 3.05) is 0 Å². The van der Waals surface area contributed by atoms with E-state index in [2.05, 4.69) is 6.58 Å². The Hall–Kier alpha value is -2.47. The van der Waals surface area contributed by atoms with Crippen molar-refractivity contribution < 1.29 is 29.0 Å². The normalized spacial score (nSPS) is 32.2. The Labute approximate surface area is 152 Å². The summed E-state index contributed by atoms with van der Waals surface area (Å²) >= 11 is 0. The fraction of sp³-hybridized carbons (Fsp3) is 0.450. The zero-order chi connectivity index (χ0) is 19.6. The summed E-state index contributed by atoms with van der Waals surface area (Å²) in [6, 6.07) is 0. The molecule has 4 atom stereocenters. The van der Waals surface area contributed by atoms with Crippen LogP contribution in [0.25, 0.3) is 0 Å². The number of rotatable bonds is 2. The van der Waals surface area contributed by atoms with Crippen LogP contribution in [0.2, 0.25) is 0 Å². The molecule has 0 aromatic rings. The summed E-state index contributed by atoms with van der Waals surface area (Å²) in [5.74, 6) is -2.15. The third-order valence-corrected chi connectivity index (χ3v) is 4.74. The highest BCUT2D eigenvalue weighted by molar-refractivity contribution is 6.00. The van der Waals surface area contributed by atoms with Crippen LogP contribution in [-0.2, 0) is 23.9 Å². The van der Waals surface area contributed by atoms with E-state index >= 15 is 0 Å². The van der Waals surface area contributed by atoms with E-state index in [1.54, 1.807) is 33.8 Å². The molecule has 1 fully saturated rings. The second-order valence-corrected chi connectivity index (χ2v) is 6.77. The molecule has 1 heterocycles. The van der Waals surface area contributed by atoms with Gasteiger partial charge < -0.3 is 14.6 Å². The molecule has 1 aliphatic carbocycles. The Morgan fingerprint density at radius 3 is 2.62 bits per heavy atom. The van der Waals surface area contributed by atoms with Crippen LogP contribution < -0.4 is 0 Å². The third kappa shape index (κ3) is 4.02. The number of esters is 2. The number of carbonyl (C=O) groups excluding carboxylic acids is 3. The van der Waals surface area contributed by atoms with Gasteiger partial charge in [0.1, 0.15) is 18.3 Å². The number of aliphatic hydroxyl groups is 1. The van der Waals surface area contributed by atoms with Crippen molar-refractivity contribution in [2.45, 2.75) is 52.4 Å². The number of fused-ring (bicyclic) bond motifs is 1. The highest BCUT2D eigenvalue weighted by atomic mass is 16.6. The Balaban J connectivity index is 2.49. The van der Waals surface area contributed by atoms with E-state index in [0.29, 0.717) is 16.7 Å². The van der Waals surface area contributed by atoms with Crippen LogP contribution in [0.4, 0.5) is 0 Å². The van der Waals surface area contributed by atoms with Gasteiger partial charge in [-0.05, 0) is 45.4 Å². The molecule has 0 spiro atoms. The molecular formula is C20H24O6. The molecule has 1 N–H and O–H groups in total. The molecule has 1 saturated heterocycles. The zero-order valence-electron chi connectivity index (χ0n) is 15.4. The van der Waals surface area contributed by atoms with Crippen LogP contribution in [0.15, 0.2) is 47.1 Å². The molecule has 0 aromatic carbocycles. The summed E-state index contributed by atoms with van der Waals surface area (Å²) < 4.78 is 10.9. The first-order valence-corrected chi connectivity index (χ1v) is 8.46. The van der Waals surface area contributed by atoms with Gasteiger partial charge in [0.15, 0.2) is 5.78 Å². The average Bonchev–Trinajstić information content (AvgIpc) is 2.86. The van der Waals surface area contributed by atoms with Gasteiger partial charge in [-0.15, -0.1) is 0 Å². The summed E-state index contributed by atoms with van der Waals surface area (Å²) in [6.07, 6.45) is 1.66. The molecule has 0 unspecified atom stereocenters. The van der Waals surface area contributed by atoms with Gasteiger partial charge >= 0.3 is 11.9 Å². The van der Waals surface area contributed by atoms with Crippen LogP contribution >= 0.6 is 0 Å². The van der Waals surface area contributed by atoms with Gasteiger partial charge in [0.2, 0.25) is 0 Å². The van der Waals surface area contributed by atoms with Crippen molar-refractivity contribution in [1.29, 1.82) is 0 Å². The van der Waals surface area contributed by atoms with E-state index in [9.17, 15) is 19.5 Å². The Kier molecular flexibility index (Phi) is 5.97. The minimum Gasteiger partial charge on any atom is -0.458 e. The first-order chi connectivity index (χ1) is 12.1. The van der Waals surface area contributed by atoms with Crippen molar-refractivity contribution in [3.8, 4) is 0 Å². The molecule has 0 radical (unpaired) electrons. The second-order valence-electron chi connectivity index (χ2n) is 6.77. The molecule has 2 rings (SSSR count). The lowest BCUT2D eigenvalue weighted by Gasteiger charge is -2.30. The maximum absolute atomic E-state index is 12.3. The quantitative estimate of drug-likeness (QED) is 0.600. The average molecular weight is 360 g/mol. The second kappa shape index (κ2) is 7.83. The number of ketones is 1. The topological polar surface area (TPSA) is 89.9 Å². The molecule has 1 aliphatic heterocycles. The molecule has 0 bridgehead atoms. The number of hydrogen-bond donors (Lipinski definition) is 1. The van der Waals surface area contributed by atoms with Gasteiger partial charge in [-0.1, -0.05) is 18.2 Å². The lowest BCUT2D eigenvalue weighted by molar-refractivity contribution is -0.150. The first-order valence-electron chi connectivity index (χ1n) is 8.46. The van der Waals surface area contributed by atoms with Gasteiger partial charge in [-0.3, -0.25) is 4.79 Å². The van der Waals surface area contributed by atoms with E-state index in [0.717, 1.165) is 0 Å². The van der Waals surface area contributed by atoms with E-state index in [1.807, 2.05) is 0 Å². The fourth-order valence-electron chi connectivity index (χ4n) is 3.12. The van der Waals surface area contributed by atoms with Gasteiger partial charge in [-0.25, -0.2) is 9.59 Å². The van der Waals surface area contributed by atoms with E-state index in [1.165, 1.54) is 12.2 Å². The minimum atomic E-state index is -1.19. The number of allylic oxidation sites excluding steroid dienone is 3. The zero-order valence-corrected chi connectivity index (χ0v) is 15.4. The van der Waals surface area contributed by atoms with E-state index in [-0.39, 0.29) is 17.8 Å². The van der Waals surface area contributed by atoms with Crippen LogP contribution in [0.1, 0.15) is 34.1 Å². The monoisotopic (exact) mass is 360 g/mol. The highest BCUT2D eigenvalue weighted by Gasteiger charge is 2.48. The molecular weight excluding hydrogens is 336 g/mol. The van der Waals surface area contributed by atoms with E-state index < -0.39 is 36.2 Å². The number of aliphatic hydroxyl groups excluding tert-OH is 1. The van der Waals surface area contributed by atoms with Gasteiger partial charge in [0, 0.05) is 17.6 Å². The van der Waals surface area contributed by atoms with Crippen molar-refractivity contribution >= 4 is 17.7 Å². The minimum absolute atomic E-state index is 0.150. The molecule has 0 saturated carbocycles. The van der Waals surface area contributed by atoms with Crippen molar-refractivity contribution in [3.05, 3.63) is 47.1 Å². The van der Waals surface area contributed by atoms with Crippen LogP contribution in [0.5, 0.6) is 0 Å². The van der Waals surface area contributed by atoms with Crippen LogP contribution in [0, 0.1) is 5.92 Å². The van der Waals surface area contributed by atoms with Gasteiger partial charge in [0.25, 0.3) is 0 Å². The third-order valence-electron chi connectivity index (χ3n) is 4.74. The highest BCUT2D eigenvalue weighted by Crippen LogP contribution is 2.37. The Morgan fingerprint density at radius 1 is 1.35 bits per heavy atom. The number of carbonyl (C=O) groups is 3. The molecule has 6 heteroatoms. The molecule has 0 amide bonds. The lowest BCUT2D eigenvalue weighted by atomic mass is 9.83. The largest absolute Gasteiger partial charge is 0.458 e. The Morgan fingerprint density at radius 2 is 2.00 bits per heavy atom. The maximum atomic E-state index is 12.3. The summed E-state index contributed by atoms with van der Waals surface area (Å²) in [6.45, 7) is 10.4. The van der Waals surface area contributed by atoms with Gasteiger partial charge in [-0.2, -0.15) is 0 Å². The number of ether oxygens (including phenoxy) is 2. The van der Waals surface area contributed by atoms with Crippen molar-refractivity contribution in [1.82, 2.24) is 0 Å². The van der Waals surface area contributed by atoms with Crippen LogP contribution in [-0.4, -0.2) is 41.1 Å². The number of hydrogen-bond acceptors (Lipinski definition) is 6. The standard InChI is InChI=1S/C20H24O6/c1-6-11(3)19(23)25-15-8-10(2)7-14(21)9-12(4)17(22)18-16(15)13(5)20(24)26-18/h6-7,9,15-18,22H,5,8H2,1-4H3/b10-7?,11-6+,12-9-/t15-,16+,17-,18+/m0/s1. The molecule has 26 heavy (non-hydrogen) atoms. The molecule has 6 nitrogen and oxygen atoms in total. The lowest BCUT2D eigenvalue weighted by Crippen LogP contribution is -2.41. The molecule has 2 aliphatic rings. The Bertz CT molecular complexity index is 739. The summed E-state index contributed by atoms with van der Waals surface area (Å²) in [4.78, 5) is 36.4. The van der Waals surface area contributed by atoms with E-state index in [4.69, 9.17) is 9.47 Å². The van der Waals surface area contributed by atoms with Crippen molar-refractivity contribution in [3.63, 3.8) is 0 Å². The van der Waals surface area contributed by atoms with Crippen molar-refractivity contribution in [2.24, 2.45) is 5.92 Å². The predicted molar refractivity (Wildman–Crippen MR) is 95.0 cm³/mol. The van der Waals surface area contributed by atoms with Gasteiger partial charge in [0.05, 0.1) is 5.92 Å². The molecule has 0 aromatic heterocycles. The maximum Gasteiger partial charge on any atom is 0.334 e. The summed E-state index contributed by atoms with van der Waals surface area (Å²) in [5.41, 5.74) is 1.63. The smallest absolute Gasteiger partial charge is 0.334 e. The molecule has 140 valence electrons. The predicted octanol–water partition coefficient (Wildman–Crippen LogP) is 2.19. The first kappa shape index (κ1) is 19.8.